The summed E-state index contributed by atoms with van der Waals surface area (Å²) in [5, 5.41) is 19.7. The van der Waals surface area contributed by atoms with Gasteiger partial charge in [0.2, 0.25) is 0 Å². The molecule has 0 bridgehead atoms. The molecule has 0 aromatic carbocycles. The van der Waals surface area contributed by atoms with E-state index in [1.807, 2.05) is 13.8 Å². The monoisotopic (exact) mass is 273 g/mol. The van der Waals surface area contributed by atoms with E-state index in [-0.39, 0.29) is 12.6 Å². The van der Waals surface area contributed by atoms with Crippen LogP contribution in [0.5, 0.6) is 0 Å². The second kappa shape index (κ2) is 7.22. The van der Waals surface area contributed by atoms with Gasteiger partial charge in [-0.1, -0.05) is 20.8 Å². The predicted molar refractivity (Wildman–Crippen MR) is 73.1 cm³/mol. The lowest BCUT2D eigenvalue weighted by Gasteiger charge is -2.37. The average molecular weight is 273 g/mol. The number of hydrogen-bond donors (Lipinski definition) is 2. The van der Waals surface area contributed by atoms with Gasteiger partial charge in [-0.3, -0.25) is 9.69 Å². The number of carboxylic acids is 1. The SMILES string of the molecule is CCCN(CC(O)(CC)CC)C1COCC1C(=O)O. The van der Waals surface area contributed by atoms with Gasteiger partial charge >= 0.3 is 5.97 Å². The summed E-state index contributed by atoms with van der Waals surface area (Å²) in [4.78, 5) is 13.4. The van der Waals surface area contributed by atoms with Crippen molar-refractivity contribution in [3.05, 3.63) is 0 Å². The number of carbonyl (C=O) groups is 1. The van der Waals surface area contributed by atoms with E-state index in [4.69, 9.17) is 4.74 Å². The fraction of sp³-hybridized carbons (Fsp3) is 0.929. The lowest BCUT2D eigenvalue weighted by molar-refractivity contribution is -0.143. The Morgan fingerprint density at radius 1 is 1.32 bits per heavy atom. The normalized spacial score (nSPS) is 24.1. The van der Waals surface area contributed by atoms with Crippen molar-refractivity contribution in [1.82, 2.24) is 4.90 Å². The highest BCUT2D eigenvalue weighted by Crippen LogP contribution is 2.24. The van der Waals surface area contributed by atoms with Crippen molar-refractivity contribution in [2.24, 2.45) is 5.92 Å². The Kier molecular flexibility index (Phi) is 6.23. The predicted octanol–water partition coefficient (Wildman–Crippen LogP) is 1.35. The highest BCUT2D eigenvalue weighted by molar-refractivity contribution is 5.71. The van der Waals surface area contributed by atoms with E-state index in [0.29, 0.717) is 26.0 Å². The molecule has 1 aliphatic heterocycles. The summed E-state index contributed by atoms with van der Waals surface area (Å²) >= 11 is 0. The van der Waals surface area contributed by atoms with Gasteiger partial charge in [0, 0.05) is 12.6 Å². The van der Waals surface area contributed by atoms with Crippen LogP contribution >= 0.6 is 0 Å². The summed E-state index contributed by atoms with van der Waals surface area (Å²) in [5.41, 5.74) is -0.735. The van der Waals surface area contributed by atoms with Crippen molar-refractivity contribution < 1.29 is 19.7 Å². The summed E-state index contributed by atoms with van der Waals surface area (Å²) in [6, 6.07) is -0.123. The third-order valence-corrected chi connectivity index (χ3v) is 4.16. The van der Waals surface area contributed by atoms with Gasteiger partial charge in [0.25, 0.3) is 0 Å². The molecule has 1 aliphatic rings. The van der Waals surface area contributed by atoms with E-state index in [2.05, 4.69) is 11.8 Å². The second-order valence-corrected chi connectivity index (χ2v) is 5.45. The molecule has 112 valence electrons. The summed E-state index contributed by atoms with van der Waals surface area (Å²) in [7, 11) is 0. The van der Waals surface area contributed by atoms with Crippen molar-refractivity contribution >= 4 is 5.97 Å². The standard InChI is InChI=1S/C14H27NO4/c1-4-7-15(10-14(18,5-2)6-3)12-9-19-8-11(12)13(16)17/h11-12,18H,4-10H2,1-3H3,(H,16,17). The van der Waals surface area contributed by atoms with Crippen molar-refractivity contribution in [2.75, 3.05) is 26.3 Å². The van der Waals surface area contributed by atoms with Gasteiger partial charge in [0.15, 0.2) is 0 Å². The Labute approximate surface area is 115 Å². The first-order valence-corrected chi connectivity index (χ1v) is 7.24. The highest BCUT2D eigenvalue weighted by Gasteiger charge is 2.40. The van der Waals surface area contributed by atoms with Crippen LogP contribution in [0, 0.1) is 5.92 Å². The third kappa shape index (κ3) is 4.16. The first kappa shape index (κ1) is 16.4. The average Bonchev–Trinajstić information content (AvgIpc) is 2.87. The zero-order valence-corrected chi connectivity index (χ0v) is 12.3. The molecule has 0 aromatic rings. The molecule has 2 atom stereocenters. The molecule has 1 heterocycles. The lowest BCUT2D eigenvalue weighted by Crippen LogP contribution is -2.50. The minimum absolute atomic E-state index is 0.123. The maximum atomic E-state index is 11.3. The summed E-state index contributed by atoms with van der Waals surface area (Å²) in [6.07, 6.45) is 2.29. The molecule has 5 heteroatoms. The van der Waals surface area contributed by atoms with E-state index >= 15 is 0 Å². The molecule has 0 amide bonds. The van der Waals surface area contributed by atoms with Crippen molar-refractivity contribution in [3.63, 3.8) is 0 Å². The number of aliphatic hydroxyl groups is 1. The van der Waals surface area contributed by atoms with Gasteiger partial charge in [-0.25, -0.2) is 0 Å². The van der Waals surface area contributed by atoms with Crippen LogP contribution < -0.4 is 0 Å². The quantitative estimate of drug-likeness (QED) is 0.698. The van der Waals surface area contributed by atoms with E-state index < -0.39 is 17.5 Å². The summed E-state index contributed by atoms with van der Waals surface area (Å²) in [6.45, 7) is 8.03. The topological polar surface area (TPSA) is 70.0 Å². The van der Waals surface area contributed by atoms with Crippen LogP contribution in [0.4, 0.5) is 0 Å². The van der Waals surface area contributed by atoms with Crippen LogP contribution in [0.2, 0.25) is 0 Å². The Hall–Kier alpha value is -0.650. The largest absolute Gasteiger partial charge is 0.481 e. The number of ether oxygens (including phenoxy) is 1. The zero-order chi connectivity index (χ0) is 14.5. The molecule has 0 spiro atoms. The summed E-state index contributed by atoms with van der Waals surface area (Å²) < 4.78 is 5.34. The van der Waals surface area contributed by atoms with Crippen molar-refractivity contribution in [1.29, 1.82) is 0 Å². The molecular formula is C14H27NO4. The molecule has 1 rings (SSSR count). The minimum Gasteiger partial charge on any atom is -0.481 e. The molecule has 5 nitrogen and oxygen atoms in total. The first-order chi connectivity index (χ1) is 8.97. The lowest BCUT2D eigenvalue weighted by atomic mass is 9.94. The maximum absolute atomic E-state index is 11.3. The molecule has 0 aliphatic carbocycles. The third-order valence-electron chi connectivity index (χ3n) is 4.16. The van der Waals surface area contributed by atoms with Gasteiger partial charge < -0.3 is 14.9 Å². The van der Waals surface area contributed by atoms with Crippen molar-refractivity contribution in [3.8, 4) is 0 Å². The van der Waals surface area contributed by atoms with Gasteiger partial charge in [0.1, 0.15) is 0 Å². The second-order valence-electron chi connectivity index (χ2n) is 5.45. The Bertz CT molecular complexity index is 291. The van der Waals surface area contributed by atoms with E-state index in [1.54, 1.807) is 0 Å². The highest BCUT2D eigenvalue weighted by atomic mass is 16.5. The Morgan fingerprint density at radius 3 is 2.42 bits per heavy atom. The molecular weight excluding hydrogens is 246 g/mol. The number of hydrogen-bond acceptors (Lipinski definition) is 4. The van der Waals surface area contributed by atoms with Crippen LogP contribution in [0.1, 0.15) is 40.0 Å². The van der Waals surface area contributed by atoms with Crippen LogP contribution in [-0.4, -0.2) is 59.0 Å². The van der Waals surface area contributed by atoms with Crippen LogP contribution in [0.15, 0.2) is 0 Å². The summed E-state index contributed by atoms with van der Waals surface area (Å²) in [5.74, 6) is -1.29. The molecule has 2 N–H and O–H groups in total. The zero-order valence-electron chi connectivity index (χ0n) is 12.3. The van der Waals surface area contributed by atoms with E-state index in [1.165, 1.54) is 0 Å². The smallest absolute Gasteiger partial charge is 0.310 e. The minimum atomic E-state index is -0.805. The first-order valence-electron chi connectivity index (χ1n) is 7.24. The number of nitrogens with zero attached hydrogens (tertiary/aromatic N) is 1. The van der Waals surface area contributed by atoms with Gasteiger partial charge in [-0.05, 0) is 25.8 Å². The van der Waals surface area contributed by atoms with Crippen molar-refractivity contribution in [2.45, 2.75) is 51.7 Å². The molecule has 1 fully saturated rings. The van der Waals surface area contributed by atoms with Crippen LogP contribution in [0.3, 0.4) is 0 Å². The molecule has 1 saturated heterocycles. The molecule has 0 saturated carbocycles. The van der Waals surface area contributed by atoms with Crippen LogP contribution in [-0.2, 0) is 9.53 Å². The molecule has 19 heavy (non-hydrogen) atoms. The Morgan fingerprint density at radius 2 is 1.95 bits per heavy atom. The molecule has 0 radical (unpaired) electrons. The fourth-order valence-corrected chi connectivity index (χ4v) is 2.64. The van der Waals surface area contributed by atoms with E-state index in [0.717, 1.165) is 13.0 Å². The number of aliphatic carboxylic acids is 1. The van der Waals surface area contributed by atoms with Gasteiger partial charge in [-0.2, -0.15) is 0 Å². The fourth-order valence-electron chi connectivity index (χ4n) is 2.64. The molecule has 2 unspecified atom stereocenters. The van der Waals surface area contributed by atoms with Gasteiger partial charge in [0.05, 0.1) is 24.7 Å². The Balaban J connectivity index is 2.79. The van der Waals surface area contributed by atoms with E-state index in [9.17, 15) is 15.0 Å². The number of carboxylic acid groups (broad SMARTS) is 1. The number of rotatable bonds is 8. The maximum Gasteiger partial charge on any atom is 0.310 e. The van der Waals surface area contributed by atoms with Crippen LogP contribution in [0.25, 0.3) is 0 Å². The van der Waals surface area contributed by atoms with Gasteiger partial charge in [-0.15, -0.1) is 0 Å². The molecule has 0 aromatic heterocycles.